The highest BCUT2D eigenvalue weighted by Crippen LogP contribution is 2.43. The molecule has 1 saturated heterocycles. The van der Waals surface area contributed by atoms with Crippen molar-refractivity contribution in [1.82, 2.24) is 5.32 Å². The van der Waals surface area contributed by atoms with Crippen molar-refractivity contribution in [2.75, 3.05) is 32.1 Å². The fourth-order valence-corrected chi connectivity index (χ4v) is 3.13. The Morgan fingerprint density at radius 1 is 1.41 bits per heavy atom. The van der Waals surface area contributed by atoms with Crippen LogP contribution in [0, 0.1) is 0 Å². The fraction of sp³-hybridized carbons (Fsp3) is 0.571. The number of anilines is 1. The summed E-state index contributed by atoms with van der Waals surface area (Å²) < 4.78 is 6.12. The number of hydrogen-bond donors (Lipinski definition) is 1. The van der Waals surface area contributed by atoms with Gasteiger partial charge in [-0.3, -0.25) is 0 Å². The van der Waals surface area contributed by atoms with Gasteiger partial charge in [0.1, 0.15) is 0 Å². The van der Waals surface area contributed by atoms with Crippen LogP contribution in [-0.2, 0) is 11.3 Å². The first-order valence-corrected chi connectivity index (χ1v) is 6.25. The van der Waals surface area contributed by atoms with Crippen LogP contribution >= 0.6 is 0 Å². The molecule has 1 aromatic rings. The van der Waals surface area contributed by atoms with Gasteiger partial charge in [0.15, 0.2) is 0 Å². The van der Waals surface area contributed by atoms with E-state index in [0.717, 1.165) is 19.7 Å². The highest BCUT2D eigenvalue weighted by atomic mass is 16.5. The number of fused-ring (bicyclic) bond motifs is 3. The second kappa shape index (κ2) is 3.72. The maximum Gasteiger partial charge on any atom is 0.0863 e. The van der Waals surface area contributed by atoms with Crippen LogP contribution < -0.4 is 10.2 Å². The second-order valence-electron chi connectivity index (χ2n) is 5.52. The maximum atomic E-state index is 6.12. The van der Waals surface area contributed by atoms with Crippen LogP contribution in [0.1, 0.15) is 24.0 Å². The molecule has 3 nitrogen and oxygen atoms in total. The average Bonchev–Trinajstić information content (AvgIpc) is 2.70. The molecule has 2 atom stereocenters. The summed E-state index contributed by atoms with van der Waals surface area (Å²) in [4.78, 5) is 2.17. The largest absolute Gasteiger partial charge is 0.377 e. The summed E-state index contributed by atoms with van der Waals surface area (Å²) in [7, 11) is 4.19. The molecule has 0 spiro atoms. The molecule has 2 heterocycles. The van der Waals surface area contributed by atoms with E-state index in [1.807, 2.05) is 0 Å². The normalized spacial score (nSPS) is 30.9. The zero-order valence-corrected chi connectivity index (χ0v) is 10.8. The topological polar surface area (TPSA) is 24.5 Å². The lowest BCUT2D eigenvalue weighted by Gasteiger charge is -2.38. The SMILES string of the molecule is CN(C)c1cccc2c1COC1(C)CNCC21. The molecule has 0 saturated carbocycles. The van der Waals surface area contributed by atoms with Crippen LogP contribution in [-0.4, -0.2) is 32.8 Å². The van der Waals surface area contributed by atoms with Gasteiger partial charge in [-0.05, 0) is 18.6 Å². The lowest BCUT2D eigenvalue weighted by molar-refractivity contribution is -0.0515. The molecule has 3 rings (SSSR count). The third kappa shape index (κ3) is 1.57. The Kier molecular flexibility index (Phi) is 2.42. The fourth-order valence-electron chi connectivity index (χ4n) is 3.13. The summed E-state index contributed by atoms with van der Waals surface area (Å²) >= 11 is 0. The monoisotopic (exact) mass is 232 g/mol. The average molecular weight is 232 g/mol. The van der Waals surface area contributed by atoms with Gasteiger partial charge in [-0.2, -0.15) is 0 Å². The smallest absolute Gasteiger partial charge is 0.0863 e. The molecule has 2 aliphatic heterocycles. The van der Waals surface area contributed by atoms with E-state index in [0.29, 0.717) is 5.92 Å². The molecule has 2 aliphatic rings. The van der Waals surface area contributed by atoms with Crippen LogP contribution in [0.15, 0.2) is 18.2 Å². The molecule has 1 aromatic carbocycles. The predicted molar refractivity (Wildman–Crippen MR) is 69.6 cm³/mol. The van der Waals surface area contributed by atoms with E-state index in [4.69, 9.17) is 4.74 Å². The van der Waals surface area contributed by atoms with Crippen molar-refractivity contribution in [2.45, 2.75) is 25.0 Å². The Balaban J connectivity index is 2.10. The van der Waals surface area contributed by atoms with E-state index >= 15 is 0 Å². The third-order valence-electron chi connectivity index (χ3n) is 4.15. The van der Waals surface area contributed by atoms with Crippen molar-refractivity contribution in [3.63, 3.8) is 0 Å². The molecule has 0 aliphatic carbocycles. The highest BCUT2D eigenvalue weighted by Gasteiger charge is 2.44. The van der Waals surface area contributed by atoms with Crippen LogP contribution in [0.4, 0.5) is 5.69 Å². The van der Waals surface area contributed by atoms with E-state index in [2.05, 4.69) is 49.4 Å². The minimum atomic E-state index is -0.0159. The van der Waals surface area contributed by atoms with Gasteiger partial charge >= 0.3 is 0 Å². The number of nitrogens with one attached hydrogen (secondary N) is 1. The first-order valence-electron chi connectivity index (χ1n) is 6.25. The number of ether oxygens (including phenoxy) is 1. The van der Waals surface area contributed by atoms with E-state index in [1.165, 1.54) is 16.8 Å². The molecule has 1 N–H and O–H groups in total. The van der Waals surface area contributed by atoms with Gasteiger partial charge in [0.25, 0.3) is 0 Å². The lowest BCUT2D eigenvalue weighted by Crippen LogP contribution is -2.40. The minimum absolute atomic E-state index is 0.0159. The summed E-state index contributed by atoms with van der Waals surface area (Å²) in [5.41, 5.74) is 4.10. The summed E-state index contributed by atoms with van der Waals surface area (Å²) in [5.74, 6) is 0.492. The van der Waals surface area contributed by atoms with Crippen LogP contribution in [0.3, 0.4) is 0 Å². The van der Waals surface area contributed by atoms with E-state index in [-0.39, 0.29) is 5.60 Å². The molecule has 1 fully saturated rings. The molecule has 17 heavy (non-hydrogen) atoms. The van der Waals surface area contributed by atoms with Crippen molar-refractivity contribution in [2.24, 2.45) is 0 Å². The molecule has 0 bridgehead atoms. The summed E-state index contributed by atoms with van der Waals surface area (Å²) in [6.45, 7) is 4.95. The van der Waals surface area contributed by atoms with Crippen molar-refractivity contribution < 1.29 is 4.74 Å². The van der Waals surface area contributed by atoms with Gasteiger partial charge in [0.05, 0.1) is 12.2 Å². The molecule has 3 heteroatoms. The Morgan fingerprint density at radius 3 is 3.00 bits per heavy atom. The number of benzene rings is 1. The molecule has 0 aromatic heterocycles. The summed E-state index contributed by atoms with van der Waals surface area (Å²) in [6, 6.07) is 6.60. The third-order valence-corrected chi connectivity index (χ3v) is 4.15. The first-order chi connectivity index (χ1) is 8.12. The molecule has 92 valence electrons. The zero-order chi connectivity index (χ0) is 12.0. The molecular weight excluding hydrogens is 212 g/mol. The van der Waals surface area contributed by atoms with Gasteiger partial charge in [-0.15, -0.1) is 0 Å². The van der Waals surface area contributed by atoms with Crippen molar-refractivity contribution >= 4 is 5.69 Å². The summed E-state index contributed by atoms with van der Waals surface area (Å²) in [6.07, 6.45) is 0. The number of rotatable bonds is 1. The standard InChI is InChI=1S/C14H20N2O/c1-14-9-15-7-12(14)10-5-4-6-13(16(2)3)11(10)8-17-14/h4-6,12,15H,7-9H2,1-3H3. The van der Waals surface area contributed by atoms with Gasteiger partial charge < -0.3 is 15.0 Å². The van der Waals surface area contributed by atoms with Gasteiger partial charge in [0, 0.05) is 44.4 Å². The molecular formula is C14H20N2O. The van der Waals surface area contributed by atoms with Crippen molar-refractivity contribution in [3.8, 4) is 0 Å². The van der Waals surface area contributed by atoms with E-state index in [1.54, 1.807) is 0 Å². The Morgan fingerprint density at radius 2 is 2.24 bits per heavy atom. The molecule has 2 unspecified atom stereocenters. The zero-order valence-electron chi connectivity index (χ0n) is 10.8. The van der Waals surface area contributed by atoms with Crippen molar-refractivity contribution in [1.29, 1.82) is 0 Å². The predicted octanol–water partition coefficient (Wildman–Crippen LogP) is 1.73. The Hall–Kier alpha value is -1.06. The second-order valence-corrected chi connectivity index (χ2v) is 5.52. The Labute approximate surface area is 103 Å². The number of nitrogens with zero attached hydrogens (tertiary/aromatic N) is 1. The first kappa shape index (κ1) is 11.1. The van der Waals surface area contributed by atoms with Gasteiger partial charge in [-0.25, -0.2) is 0 Å². The van der Waals surface area contributed by atoms with E-state index in [9.17, 15) is 0 Å². The Bertz CT molecular complexity index is 444. The van der Waals surface area contributed by atoms with Gasteiger partial charge in [-0.1, -0.05) is 12.1 Å². The molecule has 0 radical (unpaired) electrons. The van der Waals surface area contributed by atoms with Crippen LogP contribution in [0.5, 0.6) is 0 Å². The summed E-state index contributed by atoms with van der Waals surface area (Å²) in [5, 5.41) is 3.46. The van der Waals surface area contributed by atoms with Crippen molar-refractivity contribution in [3.05, 3.63) is 29.3 Å². The van der Waals surface area contributed by atoms with E-state index < -0.39 is 0 Å². The number of hydrogen-bond acceptors (Lipinski definition) is 3. The van der Waals surface area contributed by atoms with Crippen LogP contribution in [0.2, 0.25) is 0 Å². The maximum absolute atomic E-state index is 6.12. The lowest BCUT2D eigenvalue weighted by atomic mass is 9.81. The van der Waals surface area contributed by atoms with Gasteiger partial charge in [0.2, 0.25) is 0 Å². The highest BCUT2D eigenvalue weighted by molar-refractivity contribution is 5.58. The van der Waals surface area contributed by atoms with Crippen LogP contribution in [0.25, 0.3) is 0 Å². The quantitative estimate of drug-likeness (QED) is 0.798. The molecule has 0 amide bonds. The minimum Gasteiger partial charge on any atom is -0.377 e.